The highest BCUT2D eigenvalue weighted by Gasteiger charge is 2.33. The Morgan fingerprint density at radius 3 is 2.62 bits per heavy atom. The zero-order valence-electron chi connectivity index (χ0n) is 15.5. The molecule has 1 aliphatic heterocycles. The lowest BCUT2D eigenvalue weighted by molar-refractivity contribution is -0.122. The third-order valence-corrected chi connectivity index (χ3v) is 4.46. The van der Waals surface area contributed by atoms with Crippen LogP contribution >= 0.6 is 12.4 Å². The number of hydrogen-bond donors (Lipinski definition) is 2. The molecule has 1 aromatic heterocycles. The molecule has 2 heterocycles. The highest BCUT2D eigenvalue weighted by Crippen LogP contribution is 2.21. The quantitative estimate of drug-likeness (QED) is 0.685. The summed E-state index contributed by atoms with van der Waals surface area (Å²) >= 11 is 0. The number of hydrogen-bond acceptors (Lipinski definition) is 5. The number of halogens is 1. The van der Waals surface area contributed by atoms with Gasteiger partial charge in [-0.25, -0.2) is 4.68 Å². The maximum absolute atomic E-state index is 12.4. The van der Waals surface area contributed by atoms with Crippen LogP contribution < -0.4 is 16.2 Å². The molecule has 1 aliphatic rings. The lowest BCUT2D eigenvalue weighted by Crippen LogP contribution is -2.44. The normalized spacial score (nSPS) is 19.7. The molecule has 1 fully saturated rings. The van der Waals surface area contributed by atoms with Crippen LogP contribution in [0.2, 0.25) is 0 Å². The van der Waals surface area contributed by atoms with Crippen molar-refractivity contribution in [2.45, 2.75) is 39.3 Å². The molecular formula is C17H28ClN5O3. The van der Waals surface area contributed by atoms with E-state index in [0.29, 0.717) is 24.7 Å². The summed E-state index contributed by atoms with van der Waals surface area (Å²) in [6.07, 6.45) is 2.00. The minimum atomic E-state index is -0.293. The van der Waals surface area contributed by atoms with Gasteiger partial charge in [0.1, 0.15) is 6.54 Å². The molecule has 2 amide bonds. The molecule has 2 N–H and O–H groups in total. The molecule has 0 aliphatic carbocycles. The van der Waals surface area contributed by atoms with E-state index in [-0.39, 0.29) is 42.4 Å². The zero-order chi connectivity index (χ0) is 18.4. The molecule has 2 rings (SSSR count). The molecule has 8 nitrogen and oxygen atoms in total. The second kappa shape index (κ2) is 10.3. The predicted molar refractivity (Wildman–Crippen MR) is 101 cm³/mol. The van der Waals surface area contributed by atoms with Crippen molar-refractivity contribution in [3.63, 3.8) is 0 Å². The first kappa shape index (κ1) is 22.1. The highest BCUT2D eigenvalue weighted by molar-refractivity contribution is 5.85. The molecule has 2 atom stereocenters. The van der Waals surface area contributed by atoms with Gasteiger partial charge in [-0.05, 0) is 25.3 Å². The lowest BCUT2D eigenvalue weighted by atomic mass is 9.98. The van der Waals surface area contributed by atoms with Gasteiger partial charge in [0, 0.05) is 32.2 Å². The number of likely N-dealkylation sites (N-methyl/N-ethyl adjacent to an activating group) is 1. The molecule has 0 spiro atoms. The van der Waals surface area contributed by atoms with Crippen LogP contribution in [-0.4, -0.2) is 59.2 Å². The number of carbonyl (C=O) groups excluding carboxylic acids is 2. The van der Waals surface area contributed by atoms with Gasteiger partial charge in [0.25, 0.3) is 5.56 Å². The van der Waals surface area contributed by atoms with Crippen LogP contribution in [0.3, 0.4) is 0 Å². The Morgan fingerprint density at radius 1 is 1.23 bits per heavy atom. The molecular weight excluding hydrogens is 358 g/mol. The third kappa shape index (κ3) is 6.10. The summed E-state index contributed by atoms with van der Waals surface area (Å²) in [5, 5.41) is 9.73. The van der Waals surface area contributed by atoms with Gasteiger partial charge in [-0.15, -0.1) is 12.4 Å². The number of amides is 2. The van der Waals surface area contributed by atoms with E-state index >= 15 is 0 Å². The summed E-state index contributed by atoms with van der Waals surface area (Å²) in [5.74, 6) is 0.0478. The standard InChI is InChI=1S/C17H27N5O3.ClH/c1-4-5-13-8-21(10-15(23)18-3)9-14(13)19-16(24)11-22-17(25)7-6-12(2)20-22;/h6-7,13-14H,4-5,8-11H2,1-3H3,(H,18,23)(H,19,24);1H/t13-,14-;/m0./s1. The predicted octanol–water partition coefficient (Wildman–Crippen LogP) is -0.0638. The van der Waals surface area contributed by atoms with E-state index in [4.69, 9.17) is 0 Å². The molecule has 9 heteroatoms. The fourth-order valence-corrected chi connectivity index (χ4v) is 3.25. The van der Waals surface area contributed by atoms with Gasteiger partial charge < -0.3 is 10.6 Å². The Bertz CT molecular complexity index is 679. The number of rotatable bonds is 7. The van der Waals surface area contributed by atoms with E-state index < -0.39 is 0 Å². The molecule has 0 bridgehead atoms. The van der Waals surface area contributed by atoms with Crippen molar-refractivity contribution < 1.29 is 9.59 Å². The fourth-order valence-electron chi connectivity index (χ4n) is 3.25. The van der Waals surface area contributed by atoms with Crippen LogP contribution in [0.4, 0.5) is 0 Å². The first-order chi connectivity index (χ1) is 11.9. The molecule has 146 valence electrons. The summed E-state index contributed by atoms with van der Waals surface area (Å²) in [6.45, 7) is 5.55. The van der Waals surface area contributed by atoms with E-state index in [1.54, 1.807) is 20.0 Å². The fraction of sp³-hybridized carbons (Fsp3) is 0.647. The third-order valence-electron chi connectivity index (χ3n) is 4.46. The second-order valence-electron chi connectivity index (χ2n) is 6.56. The Balaban J connectivity index is 0.00000338. The van der Waals surface area contributed by atoms with Crippen molar-refractivity contribution in [2.24, 2.45) is 5.92 Å². The maximum Gasteiger partial charge on any atom is 0.267 e. The number of aryl methyl sites for hydroxylation is 1. The van der Waals surface area contributed by atoms with Gasteiger partial charge in [0.15, 0.2) is 0 Å². The van der Waals surface area contributed by atoms with Crippen molar-refractivity contribution >= 4 is 24.2 Å². The van der Waals surface area contributed by atoms with Gasteiger partial charge in [-0.1, -0.05) is 13.3 Å². The van der Waals surface area contributed by atoms with Crippen molar-refractivity contribution in [1.82, 2.24) is 25.3 Å². The Hall–Kier alpha value is -1.93. The molecule has 0 unspecified atom stereocenters. The summed E-state index contributed by atoms with van der Waals surface area (Å²) < 4.78 is 1.18. The first-order valence-corrected chi connectivity index (χ1v) is 8.70. The van der Waals surface area contributed by atoms with Gasteiger partial charge in [-0.2, -0.15) is 5.10 Å². The molecule has 1 aromatic rings. The zero-order valence-corrected chi connectivity index (χ0v) is 16.3. The molecule has 1 saturated heterocycles. The summed E-state index contributed by atoms with van der Waals surface area (Å²) in [5.41, 5.74) is 0.396. The monoisotopic (exact) mass is 385 g/mol. The smallest absolute Gasteiger partial charge is 0.267 e. The first-order valence-electron chi connectivity index (χ1n) is 8.70. The number of likely N-dealkylation sites (tertiary alicyclic amines) is 1. The minimum Gasteiger partial charge on any atom is -0.358 e. The van der Waals surface area contributed by atoms with E-state index in [1.807, 2.05) is 0 Å². The number of carbonyl (C=O) groups is 2. The SMILES string of the molecule is CCC[C@H]1CN(CC(=O)NC)C[C@@H]1NC(=O)Cn1nc(C)ccc1=O.Cl. The van der Waals surface area contributed by atoms with E-state index in [0.717, 1.165) is 19.4 Å². The van der Waals surface area contributed by atoms with Crippen LogP contribution in [0.15, 0.2) is 16.9 Å². The van der Waals surface area contributed by atoms with E-state index in [2.05, 4.69) is 27.6 Å². The van der Waals surface area contributed by atoms with Gasteiger partial charge >= 0.3 is 0 Å². The number of aromatic nitrogens is 2. The second-order valence-corrected chi connectivity index (χ2v) is 6.56. The average Bonchev–Trinajstić information content (AvgIpc) is 2.92. The van der Waals surface area contributed by atoms with Crippen LogP contribution in [0.25, 0.3) is 0 Å². The summed E-state index contributed by atoms with van der Waals surface area (Å²) in [4.78, 5) is 37.8. The number of nitrogens with one attached hydrogen (secondary N) is 2. The van der Waals surface area contributed by atoms with Crippen molar-refractivity contribution in [3.05, 3.63) is 28.2 Å². The van der Waals surface area contributed by atoms with Crippen LogP contribution in [0.1, 0.15) is 25.5 Å². The molecule has 0 aromatic carbocycles. The summed E-state index contributed by atoms with van der Waals surface area (Å²) in [7, 11) is 1.62. The summed E-state index contributed by atoms with van der Waals surface area (Å²) in [6, 6.07) is 3.02. The Morgan fingerprint density at radius 2 is 1.96 bits per heavy atom. The van der Waals surface area contributed by atoms with Gasteiger partial charge in [0.2, 0.25) is 11.8 Å². The topological polar surface area (TPSA) is 96.3 Å². The Labute approximate surface area is 159 Å². The van der Waals surface area contributed by atoms with Crippen LogP contribution in [0, 0.1) is 12.8 Å². The largest absolute Gasteiger partial charge is 0.358 e. The Kier molecular flexibility index (Phi) is 8.74. The van der Waals surface area contributed by atoms with Crippen LogP contribution in [0.5, 0.6) is 0 Å². The molecule has 0 saturated carbocycles. The van der Waals surface area contributed by atoms with Crippen LogP contribution in [-0.2, 0) is 16.1 Å². The highest BCUT2D eigenvalue weighted by atomic mass is 35.5. The van der Waals surface area contributed by atoms with E-state index in [1.165, 1.54) is 10.7 Å². The minimum absolute atomic E-state index is 0. The molecule has 26 heavy (non-hydrogen) atoms. The van der Waals surface area contributed by atoms with Crippen molar-refractivity contribution in [2.75, 3.05) is 26.7 Å². The lowest BCUT2D eigenvalue weighted by Gasteiger charge is -2.19. The van der Waals surface area contributed by atoms with Gasteiger partial charge in [0.05, 0.1) is 12.2 Å². The van der Waals surface area contributed by atoms with Crippen molar-refractivity contribution in [3.8, 4) is 0 Å². The molecule has 0 radical (unpaired) electrons. The van der Waals surface area contributed by atoms with Crippen molar-refractivity contribution in [1.29, 1.82) is 0 Å². The number of nitrogens with zero attached hydrogens (tertiary/aromatic N) is 3. The maximum atomic E-state index is 12.4. The average molecular weight is 386 g/mol. The van der Waals surface area contributed by atoms with Gasteiger partial charge in [-0.3, -0.25) is 19.3 Å². The van der Waals surface area contributed by atoms with E-state index in [9.17, 15) is 14.4 Å².